The fraction of sp³-hybridized carbons (Fsp3) is 0.286. The number of aryl methyl sites for hydroxylation is 1. The van der Waals surface area contributed by atoms with Gasteiger partial charge in [0.25, 0.3) is 0 Å². The maximum atomic E-state index is 9.35. The number of nitrogens with zero attached hydrogens (tertiary/aromatic N) is 3. The quantitative estimate of drug-likeness (QED) is 0.891. The smallest absolute Gasteiger partial charge is 0.0717 e. The molecule has 2 aromatic heterocycles. The van der Waals surface area contributed by atoms with Crippen molar-refractivity contribution in [1.29, 1.82) is 0 Å². The van der Waals surface area contributed by atoms with Crippen LogP contribution in [0.1, 0.15) is 16.8 Å². The van der Waals surface area contributed by atoms with Crippen molar-refractivity contribution in [3.8, 4) is 0 Å². The van der Waals surface area contributed by atoms with Crippen molar-refractivity contribution < 1.29 is 5.11 Å². The van der Waals surface area contributed by atoms with Crippen LogP contribution in [0.5, 0.6) is 0 Å². The average molecular weight is 243 g/mol. The van der Waals surface area contributed by atoms with E-state index in [0.717, 1.165) is 29.1 Å². The molecule has 0 amide bonds. The molecule has 2 heterocycles. The van der Waals surface area contributed by atoms with Gasteiger partial charge in [0.15, 0.2) is 0 Å². The Labute approximate surface area is 107 Å². The lowest BCUT2D eigenvalue weighted by Crippen LogP contribution is -2.18. The molecule has 0 atom stereocenters. The molecule has 0 unspecified atom stereocenters. The van der Waals surface area contributed by atoms with Crippen LogP contribution in [-0.4, -0.2) is 22.1 Å². The Morgan fingerprint density at radius 2 is 2.17 bits per heavy atom. The molecule has 2 aromatic rings. The van der Waals surface area contributed by atoms with E-state index in [0.29, 0.717) is 0 Å². The van der Waals surface area contributed by atoms with Gasteiger partial charge in [0.05, 0.1) is 6.61 Å². The summed E-state index contributed by atoms with van der Waals surface area (Å²) in [7, 11) is 2.00. The van der Waals surface area contributed by atoms with Gasteiger partial charge in [-0.1, -0.05) is 6.07 Å². The number of rotatable bonds is 4. The minimum Gasteiger partial charge on any atom is -0.392 e. The first-order valence-electron chi connectivity index (χ1n) is 5.87. The number of aliphatic hydroxyl groups is 1. The van der Waals surface area contributed by atoms with E-state index in [-0.39, 0.29) is 6.61 Å². The predicted molar refractivity (Wildman–Crippen MR) is 71.2 cm³/mol. The minimum atomic E-state index is -0.00000693. The molecule has 4 heteroatoms. The fourth-order valence-electron chi connectivity index (χ4n) is 1.90. The van der Waals surface area contributed by atoms with E-state index in [1.54, 1.807) is 12.4 Å². The Morgan fingerprint density at radius 3 is 2.83 bits per heavy atom. The number of hydrogen-bond donors (Lipinski definition) is 1. The molecule has 0 saturated carbocycles. The van der Waals surface area contributed by atoms with Crippen molar-refractivity contribution in [1.82, 2.24) is 9.97 Å². The predicted octanol–water partition coefficient (Wildman–Crippen LogP) is 1.91. The first-order chi connectivity index (χ1) is 8.70. The average Bonchev–Trinajstić information content (AvgIpc) is 2.40. The summed E-state index contributed by atoms with van der Waals surface area (Å²) in [6.07, 6.45) is 5.34. The van der Waals surface area contributed by atoms with Crippen molar-refractivity contribution in [3.63, 3.8) is 0 Å². The Morgan fingerprint density at radius 1 is 1.33 bits per heavy atom. The zero-order chi connectivity index (χ0) is 13.0. The molecule has 2 rings (SSSR count). The fourth-order valence-corrected chi connectivity index (χ4v) is 1.90. The first-order valence-corrected chi connectivity index (χ1v) is 5.87. The molecule has 0 bridgehead atoms. The molecule has 94 valence electrons. The third-order valence-electron chi connectivity index (χ3n) is 2.82. The molecule has 0 aromatic carbocycles. The second-order valence-corrected chi connectivity index (χ2v) is 4.33. The molecule has 1 N–H and O–H groups in total. The number of anilines is 1. The molecule has 0 aliphatic heterocycles. The van der Waals surface area contributed by atoms with E-state index >= 15 is 0 Å². The van der Waals surface area contributed by atoms with Crippen molar-refractivity contribution in [2.24, 2.45) is 0 Å². The van der Waals surface area contributed by atoms with E-state index in [4.69, 9.17) is 0 Å². The summed E-state index contributed by atoms with van der Waals surface area (Å²) < 4.78 is 0. The van der Waals surface area contributed by atoms with Crippen molar-refractivity contribution in [2.75, 3.05) is 11.9 Å². The van der Waals surface area contributed by atoms with Crippen LogP contribution in [0, 0.1) is 6.92 Å². The number of aromatic nitrogens is 2. The van der Waals surface area contributed by atoms with Gasteiger partial charge in [-0.2, -0.15) is 0 Å². The van der Waals surface area contributed by atoms with E-state index in [2.05, 4.69) is 14.9 Å². The Bertz CT molecular complexity index is 514. The molecule has 18 heavy (non-hydrogen) atoms. The first kappa shape index (κ1) is 12.5. The molecular formula is C14H17N3O. The summed E-state index contributed by atoms with van der Waals surface area (Å²) in [4.78, 5) is 10.4. The zero-order valence-corrected chi connectivity index (χ0v) is 10.7. The van der Waals surface area contributed by atoms with Gasteiger partial charge in [-0.05, 0) is 24.6 Å². The van der Waals surface area contributed by atoms with Gasteiger partial charge in [-0.15, -0.1) is 0 Å². The summed E-state index contributed by atoms with van der Waals surface area (Å²) in [6.45, 7) is 2.70. The molecule has 4 nitrogen and oxygen atoms in total. The zero-order valence-electron chi connectivity index (χ0n) is 10.7. The van der Waals surface area contributed by atoms with Crippen molar-refractivity contribution in [3.05, 3.63) is 53.6 Å². The molecule has 0 radical (unpaired) electrons. The third kappa shape index (κ3) is 2.84. The largest absolute Gasteiger partial charge is 0.392 e. The van der Waals surface area contributed by atoms with Crippen LogP contribution in [-0.2, 0) is 13.2 Å². The topological polar surface area (TPSA) is 49.2 Å². The lowest BCUT2D eigenvalue weighted by atomic mass is 10.2. The summed E-state index contributed by atoms with van der Waals surface area (Å²) in [5.41, 5.74) is 3.93. The molecule has 0 spiro atoms. The summed E-state index contributed by atoms with van der Waals surface area (Å²) in [5.74, 6) is 0. The monoisotopic (exact) mass is 243 g/mol. The molecule has 0 aliphatic carbocycles. The lowest BCUT2D eigenvalue weighted by Gasteiger charge is -2.22. The summed E-state index contributed by atoms with van der Waals surface area (Å²) >= 11 is 0. The number of aliphatic hydroxyl groups excluding tert-OH is 1. The Hall–Kier alpha value is -1.94. The number of hydrogen-bond acceptors (Lipinski definition) is 4. The minimum absolute atomic E-state index is 0.00000693. The highest BCUT2D eigenvalue weighted by molar-refractivity contribution is 5.53. The molecule has 0 saturated heterocycles. The molecule has 0 fully saturated rings. The second kappa shape index (κ2) is 5.60. The maximum absolute atomic E-state index is 9.35. The second-order valence-electron chi connectivity index (χ2n) is 4.33. The summed E-state index contributed by atoms with van der Waals surface area (Å²) in [5, 5.41) is 9.35. The van der Waals surface area contributed by atoms with Crippen molar-refractivity contribution in [2.45, 2.75) is 20.1 Å². The van der Waals surface area contributed by atoms with Gasteiger partial charge in [0, 0.05) is 49.1 Å². The van der Waals surface area contributed by atoms with Crippen LogP contribution in [0.2, 0.25) is 0 Å². The summed E-state index contributed by atoms with van der Waals surface area (Å²) in [6, 6.07) is 5.95. The highest BCUT2D eigenvalue weighted by Gasteiger charge is 2.08. The van der Waals surface area contributed by atoms with E-state index in [9.17, 15) is 5.11 Å². The Kier molecular flexibility index (Phi) is 3.89. The van der Waals surface area contributed by atoms with Crippen LogP contribution >= 0.6 is 0 Å². The van der Waals surface area contributed by atoms with Crippen LogP contribution in [0.3, 0.4) is 0 Å². The van der Waals surface area contributed by atoms with E-state index in [1.165, 1.54) is 0 Å². The normalized spacial score (nSPS) is 10.4. The van der Waals surface area contributed by atoms with Crippen LogP contribution in [0.4, 0.5) is 5.69 Å². The van der Waals surface area contributed by atoms with E-state index < -0.39 is 0 Å². The standard InChI is InChI=1S/C14H17N3O/c1-11-6-14(13(10-18)8-16-11)17(2)9-12-4-3-5-15-7-12/h3-8,18H,9-10H2,1-2H3. The van der Waals surface area contributed by atoms with Crippen LogP contribution in [0.15, 0.2) is 36.8 Å². The van der Waals surface area contributed by atoms with E-state index in [1.807, 2.05) is 38.4 Å². The van der Waals surface area contributed by atoms with Crippen LogP contribution < -0.4 is 4.90 Å². The molecular weight excluding hydrogens is 226 g/mol. The third-order valence-corrected chi connectivity index (χ3v) is 2.82. The van der Waals surface area contributed by atoms with Crippen molar-refractivity contribution >= 4 is 5.69 Å². The highest BCUT2D eigenvalue weighted by Crippen LogP contribution is 2.21. The van der Waals surface area contributed by atoms with Gasteiger partial charge in [-0.25, -0.2) is 0 Å². The SMILES string of the molecule is Cc1cc(N(C)Cc2cccnc2)c(CO)cn1. The van der Waals surface area contributed by atoms with Gasteiger partial charge in [0.1, 0.15) is 0 Å². The van der Waals surface area contributed by atoms with Gasteiger partial charge in [0.2, 0.25) is 0 Å². The Balaban J connectivity index is 2.23. The van der Waals surface area contributed by atoms with Gasteiger partial charge in [-0.3, -0.25) is 9.97 Å². The van der Waals surface area contributed by atoms with Gasteiger partial charge < -0.3 is 10.0 Å². The highest BCUT2D eigenvalue weighted by atomic mass is 16.3. The maximum Gasteiger partial charge on any atom is 0.0717 e. The van der Waals surface area contributed by atoms with Crippen LogP contribution in [0.25, 0.3) is 0 Å². The molecule has 0 aliphatic rings. The number of pyridine rings is 2. The lowest BCUT2D eigenvalue weighted by molar-refractivity contribution is 0.281. The van der Waals surface area contributed by atoms with Gasteiger partial charge >= 0.3 is 0 Å².